The second kappa shape index (κ2) is 6.73. The largest absolute Gasteiger partial charge is 0.444 e. The van der Waals surface area contributed by atoms with Crippen LogP contribution in [0.4, 0.5) is 4.79 Å². The van der Waals surface area contributed by atoms with E-state index in [-0.39, 0.29) is 35.2 Å². The van der Waals surface area contributed by atoms with Gasteiger partial charge in [-0.3, -0.25) is 14.5 Å². The second-order valence-corrected chi connectivity index (χ2v) is 9.48. The van der Waals surface area contributed by atoms with Crippen molar-refractivity contribution in [1.82, 2.24) is 10.2 Å². The van der Waals surface area contributed by atoms with Crippen LogP contribution < -0.4 is 5.32 Å². The average molecular weight is 340 g/mol. The zero-order valence-corrected chi connectivity index (χ0v) is 16.3. The van der Waals surface area contributed by atoms with Crippen molar-refractivity contribution in [2.24, 2.45) is 10.8 Å². The van der Waals surface area contributed by atoms with E-state index >= 15 is 0 Å². The number of likely N-dealkylation sites (tertiary alicyclic amines) is 1. The van der Waals surface area contributed by atoms with Crippen LogP contribution in [-0.2, 0) is 14.3 Å². The van der Waals surface area contributed by atoms with Crippen LogP contribution in [0.25, 0.3) is 0 Å². The molecule has 0 saturated carbocycles. The summed E-state index contributed by atoms with van der Waals surface area (Å²) in [5.74, 6) is -0.368. The Morgan fingerprint density at radius 2 is 1.58 bits per heavy atom. The van der Waals surface area contributed by atoms with Crippen LogP contribution in [0.2, 0.25) is 0 Å². The summed E-state index contributed by atoms with van der Waals surface area (Å²) in [5, 5.41) is 2.82. The third-order valence-corrected chi connectivity index (χ3v) is 3.96. The first kappa shape index (κ1) is 20.5. The van der Waals surface area contributed by atoms with Crippen molar-refractivity contribution in [3.05, 3.63) is 0 Å². The SMILES string of the molecule is CC1(C)CC(=O)N(C[C@H](NC(=O)OC(C)(C)C)C(C)(C)C)C(=O)C1. The molecule has 0 aromatic carbocycles. The van der Waals surface area contributed by atoms with Crippen molar-refractivity contribution in [3.8, 4) is 0 Å². The van der Waals surface area contributed by atoms with Gasteiger partial charge in [-0.2, -0.15) is 0 Å². The lowest BCUT2D eigenvalue weighted by Gasteiger charge is -2.39. The Morgan fingerprint density at radius 1 is 1.12 bits per heavy atom. The molecule has 0 unspecified atom stereocenters. The fourth-order valence-corrected chi connectivity index (χ4v) is 2.58. The maximum Gasteiger partial charge on any atom is 0.407 e. The lowest BCUT2D eigenvalue weighted by atomic mass is 9.80. The number of piperidine rings is 1. The predicted octanol–water partition coefficient (Wildman–Crippen LogP) is 3.10. The summed E-state index contributed by atoms with van der Waals surface area (Å²) < 4.78 is 5.30. The van der Waals surface area contributed by atoms with Crippen LogP contribution in [0.3, 0.4) is 0 Å². The molecule has 1 heterocycles. The Balaban J connectivity index is 2.86. The van der Waals surface area contributed by atoms with Crippen LogP contribution in [0.5, 0.6) is 0 Å². The number of nitrogens with zero attached hydrogens (tertiary/aromatic N) is 1. The summed E-state index contributed by atoms with van der Waals surface area (Å²) in [5.41, 5.74) is -1.24. The second-order valence-electron chi connectivity index (χ2n) is 9.48. The molecule has 1 aliphatic heterocycles. The monoisotopic (exact) mass is 340 g/mol. The summed E-state index contributed by atoms with van der Waals surface area (Å²) >= 11 is 0. The van der Waals surface area contributed by atoms with Crippen LogP contribution in [0, 0.1) is 10.8 Å². The van der Waals surface area contributed by atoms with Crippen molar-refractivity contribution in [2.75, 3.05) is 6.54 Å². The predicted molar refractivity (Wildman–Crippen MR) is 92.3 cm³/mol. The van der Waals surface area contributed by atoms with Gasteiger partial charge in [-0.1, -0.05) is 34.6 Å². The number of ether oxygens (including phenoxy) is 1. The van der Waals surface area contributed by atoms with Crippen LogP contribution in [0.15, 0.2) is 0 Å². The molecule has 1 rings (SSSR count). The molecule has 1 N–H and O–H groups in total. The quantitative estimate of drug-likeness (QED) is 0.801. The Bertz CT molecular complexity index is 492. The Morgan fingerprint density at radius 3 is 1.96 bits per heavy atom. The van der Waals surface area contributed by atoms with Gasteiger partial charge in [0.15, 0.2) is 0 Å². The van der Waals surface area contributed by atoms with Gasteiger partial charge in [0.1, 0.15) is 5.60 Å². The van der Waals surface area contributed by atoms with Crippen LogP contribution in [0.1, 0.15) is 68.2 Å². The molecule has 3 amide bonds. The Labute approximate surface area is 145 Å². The highest BCUT2D eigenvalue weighted by Gasteiger charge is 2.40. The minimum atomic E-state index is -0.604. The average Bonchev–Trinajstić information content (AvgIpc) is 2.26. The highest BCUT2D eigenvalue weighted by Crippen LogP contribution is 2.32. The zero-order chi connectivity index (χ0) is 18.9. The minimum absolute atomic E-state index is 0.163. The molecule has 0 spiro atoms. The molecule has 0 radical (unpaired) electrons. The summed E-state index contributed by atoms with van der Waals surface area (Å²) in [6.07, 6.45) is 0.129. The molecule has 1 aliphatic rings. The number of hydrogen-bond donors (Lipinski definition) is 1. The molecular weight excluding hydrogens is 308 g/mol. The van der Waals surface area contributed by atoms with Gasteiger partial charge >= 0.3 is 6.09 Å². The third kappa shape index (κ3) is 6.13. The highest BCUT2D eigenvalue weighted by atomic mass is 16.6. The van der Waals surface area contributed by atoms with E-state index in [1.165, 1.54) is 4.90 Å². The number of alkyl carbamates (subject to hydrolysis) is 1. The lowest BCUT2D eigenvalue weighted by Crippen LogP contribution is -2.56. The van der Waals surface area contributed by atoms with E-state index in [1.54, 1.807) is 20.8 Å². The van der Waals surface area contributed by atoms with E-state index in [4.69, 9.17) is 4.74 Å². The number of carbonyl (C=O) groups excluding carboxylic acids is 3. The van der Waals surface area contributed by atoms with E-state index in [9.17, 15) is 14.4 Å². The van der Waals surface area contributed by atoms with Crippen LogP contribution in [-0.4, -0.2) is 41.0 Å². The maximum atomic E-state index is 12.4. The molecule has 0 bridgehead atoms. The smallest absolute Gasteiger partial charge is 0.407 e. The third-order valence-electron chi connectivity index (χ3n) is 3.96. The van der Waals surface area contributed by atoms with Crippen molar-refractivity contribution < 1.29 is 19.1 Å². The number of amides is 3. The van der Waals surface area contributed by atoms with E-state index in [2.05, 4.69) is 5.32 Å². The fourth-order valence-electron chi connectivity index (χ4n) is 2.58. The topological polar surface area (TPSA) is 75.7 Å². The molecule has 1 fully saturated rings. The Kier molecular flexibility index (Phi) is 5.73. The number of nitrogens with one attached hydrogen (secondary N) is 1. The molecule has 1 saturated heterocycles. The van der Waals surface area contributed by atoms with Gasteiger partial charge in [0.25, 0.3) is 0 Å². The maximum absolute atomic E-state index is 12.4. The van der Waals surface area contributed by atoms with Crippen molar-refractivity contribution in [1.29, 1.82) is 0 Å². The standard InChI is InChI=1S/C18H32N2O4/c1-16(2,3)12(19-15(23)24-17(4,5)6)11-20-13(21)9-18(7,8)10-14(20)22/h12H,9-11H2,1-8H3,(H,19,23)/t12-/m0/s1. The lowest BCUT2D eigenvalue weighted by molar-refractivity contribution is -0.153. The van der Waals surface area contributed by atoms with Gasteiger partial charge in [-0.25, -0.2) is 4.79 Å². The molecule has 6 heteroatoms. The minimum Gasteiger partial charge on any atom is -0.444 e. The fraction of sp³-hybridized carbons (Fsp3) is 0.833. The molecule has 0 aromatic rings. The molecular formula is C18H32N2O4. The Hall–Kier alpha value is -1.59. The summed E-state index contributed by atoms with van der Waals surface area (Å²) in [7, 11) is 0. The molecule has 1 atom stereocenters. The van der Waals surface area contributed by atoms with Gasteiger partial charge in [0.05, 0.1) is 6.04 Å². The van der Waals surface area contributed by atoms with E-state index in [0.717, 1.165) is 0 Å². The summed E-state index contributed by atoms with van der Waals surface area (Å²) in [6, 6.07) is -0.388. The van der Waals surface area contributed by atoms with Crippen molar-refractivity contribution >= 4 is 17.9 Å². The van der Waals surface area contributed by atoms with Crippen molar-refractivity contribution in [3.63, 3.8) is 0 Å². The van der Waals surface area contributed by atoms with Gasteiger partial charge in [0, 0.05) is 19.4 Å². The number of rotatable bonds is 3. The van der Waals surface area contributed by atoms with E-state index in [1.807, 2.05) is 34.6 Å². The zero-order valence-electron chi connectivity index (χ0n) is 16.3. The number of carbonyl (C=O) groups is 3. The van der Waals surface area contributed by atoms with Crippen LogP contribution >= 0.6 is 0 Å². The molecule has 0 aliphatic carbocycles. The highest BCUT2D eigenvalue weighted by molar-refractivity contribution is 5.98. The van der Waals surface area contributed by atoms with E-state index in [0.29, 0.717) is 12.8 Å². The summed E-state index contributed by atoms with van der Waals surface area (Å²) in [4.78, 5) is 38.1. The number of hydrogen-bond acceptors (Lipinski definition) is 4. The normalized spacial score (nSPS) is 19.9. The van der Waals surface area contributed by atoms with Gasteiger partial charge in [-0.05, 0) is 31.6 Å². The molecule has 138 valence electrons. The molecule has 24 heavy (non-hydrogen) atoms. The van der Waals surface area contributed by atoms with Gasteiger partial charge < -0.3 is 10.1 Å². The molecule has 6 nitrogen and oxygen atoms in total. The first-order valence-corrected chi connectivity index (χ1v) is 8.43. The molecule has 0 aromatic heterocycles. The first-order chi connectivity index (χ1) is 10.6. The van der Waals surface area contributed by atoms with Gasteiger partial charge in [-0.15, -0.1) is 0 Å². The van der Waals surface area contributed by atoms with Crippen molar-refractivity contribution in [2.45, 2.75) is 79.9 Å². The summed E-state index contributed by atoms with van der Waals surface area (Å²) in [6.45, 7) is 15.2. The van der Waals surface area contributed by atoms with Gasteiger partial charge in [0.2, 0.25) is 11.8 Å². The number of imide groups is 1. The first-order valence-electron chi connectivity index (χ1n) is 8.43. The van der Waals surface area contributed by atoms with E-state index < -0.39 is 11.7 Å².